The number of esters is 2. The number of hydrogen-bond donors (Lipinski definition) is 2. The van der Waals surface area contributed by atoms with Crippen molar-refractivity contribution in [1.82, 2.24) is 10.6 Å². The molecular weight excluding hydrogens is 436 g/mol. The summed E-state index contributed by atoms with van der Waals surface area (Å²) in [5.74, 6) is -1.90. The highest BCUT2D eigenvalue weighted by Gasteiger charge is 2.39. The molecule has 1 aromatic carbocycles. The lowest BCUT2D eigenvalue weighted by Crippen LogP contribution is -2.49. The Labute approximate surface area is 201 Å². The molecule has 0 aliphatic carbocycles. The van der Waals surface area contributed by atoms with Crippen molar-refractivity contribution >= 4 is 17.8 Å². The predicted molar refractivity (Wildman–Crippen MR) is 129 cm³/mol. The molecule has 8 nitrogen and oxygen atoms in total. The van der Waals surface area contributed by atoms with Gasteiger partial charge in [0.15, 0.2) is 0 Å². The molecule has 0 spiro atoms. The van der Waals surface area contributed by atoms with Crippen molar-refractivity contribution < 1.29 is 28.6 Å². The second-order valence-electron chi connectivity index (χ2n) is 9.63. The van der Waals surface area contributed by atoms with E-state index < -0.39 is 35.4 Å². The largest absolute Gasteiger partial charge is 0.497 e. The summed E-state index contributed by atoms with van der Waals surface area (Å²) < 4.78 is 15.9. The van der Waals surface area contributed by atoms with E-state index in [-0.39, 0.29) is 5.92 Å². The number of rotatable bonds is 7. The highest BCUT2D eigenvalue weighted by molar-refractivity contribution is 6.03. The highest BCUT2D eigenvalue weighted by atomic mass is 16.6. The number of amides is 1. The number of dihydropyridines is 1. The third-order valence-corrected chi connectivity index (χ3v) is 5.45. The van der Waals surface area contributed by atoms with Crippen LogP contribution in [0.2, 0.25) is 0 Å². The number of ether oxygens (including phenoxy) is 3. The zero-order chi connectivity index (χ0) is 25.8. The first-order chi connectivity index (χ1) is 15.8. The van der Waals surface area contributed by atoms with E-state index in [0.717, 1.165) is 0 Å². The minimum atomic E-state index is -0.869. The molecule has 2 unspecified atom stereocenters. The first-order valence-electron chi connectivity index (χ1n) is 11.2. The monoisotopic (exact) mass is 472 g/mol. The maximum absolute atomic E-state index is 13.7. The quantitative estimate of drug-likeness (QED) is 0.585. The first kappa shape index (κ1) is 27.0. The van der Waals surface area contributed by atoms with Crippen LogP contribution in [0.1, 0.15) is 59.9 Å². The lowest BCUT2D eigenvalue weighted by Gasteiger charge is -2.32. The van der Waals surface area contributed by atoms with Crippen molar-refractivity contribution in [2.45, 2.75) is 66.0 Å². The van der Waals surface area contributed by atoms with Gasteiger partial charge in [0.05, 0.1) is 25.7 Å². The molecule has 2 rings (SSSR count). The molecular formula is C26H36N2O6. The van der Waals surface area contributed by atoms with E-state index >= 15 is 0 Å². The van der Waals surface area contributed by atoms with Crippen LogP contribution in [0.4, 0.5) is 0 Å². The maximum Gasteiger partial charge on any atom is 0.336 e. The number of hydrogen-bond acceptors (Lipinski definition) is 7. The third-order valence-electron chi connectivity index (χ3n) is 5.45. The summed E-state index contributed by atoms with van der Waals surface area (Å²) in [4.78, 5) is 39.3. The van der Waals surface area contributed by atoms with Crippen molar-refractivity contribution in [2.75, 3.05) is 14.2 Å². The summed E-state index contributed by atoms with van der Waals surface area (Å²) in [6.45, 7) is 12.5. The fourth-order valence-corrected chi connectivity index (χ4v) is 3.91. The van der Waals surface area contributed by atoms with Crippen molar-refractivity contribution in [2.24, 2.45) is 5.92 Å². The van der Waals surface area contributed by atoms with Gasteiger partial charge < -0.3 is 24.8 Å². The molecule has 0 radical (unpaired) electrons. The molecule has 1 aromatic rings. The Hall–Kier alpha value is -3.29. The summed E-state index contributed by atoms with van der Waals surface area (Å²) in [5.41, 5.74) is 1.77. The number of allylic oxidation sites excluding steroid dienone is 2. The van der Waals surface area contributed by atoms with Crippen LogP contribution in [0.15, 0.2) is 46.8 Å². The summed E-state index contributed by atoms with van der Waals surface area (Å²) in [6.07, 6.45) is 0. The molecule has 1 aliphatic rings. The molecule has 1 heterocycles. The van der Waals surface area contributed by atoms with Gasteiger partial charge in [-0.25, -0.2) is 9.59 Å². The zero-order valence-corrected chi connectivity index (χ0v) is 21.5. The van der Waals surface area contributed by atoms with Gasteiger partial charge in [-0.3, -0.25) is 4.79 Å². The van der Waals surface area contributed by atoms with Gasteiger partial charge in [-0.15, -0.1) is 0 Å². The summed E-state index contributed by atoms with van der Waals surface area (Å²) >= 11 is 0. The van der Waals surface area contributed by atoms with E-state index in [1.165, 1.54) is 7.11 Å². The van der Waals surface area contributed by atoms with Gasteiger partial charge in [-0.1, -0.05) is 26.0 Å². The Morgan fingerprint density at radius 3 is 2.18 bits per heavy atom. The Morgan fingerprint density at radius 1 is 1.03 bits per heavy atom. The van der Waals surface area contributed by atoms with Crippen LogP contribution in [-0.2, 0) is 23.9 Å². The van der Waals surface area contributed by atoms with Crippen molar-refractivity contribution in [3.8, 4) is 5.75 Å². The summed E-state index contributed by atoms with van der Waals surface area (Å²) in [7, 11) is 2.85. The van der Waals surface area contributed by atoms with Crippen LogP contribution < -0.4 is 15.4 Å². The second kappa shape index (κ2) is 10.8. The first-order valence-corrected chi connectivity index (χ1v) is 11.2. The summed E-state index contributed by atoms with van der Waals surface area (Å²) in [5, 5.41) is 5.97. The fraction of sp³-hybridized carbons (Fsp3) is 0.500. The molecule has 2 atom stereocenters. The Morgan fingerprint density at radius 2 is 1.65 bits per heavy atom. The minimum absolute atomic E-state index is 0.219. The van der Waals surface area contributed by atoms with Crippen LogP contribution >= 0.6 is 0 Å². The lowest BCUT2D eigenvalue weighted by atomic mass is 9.79. The molecule has 1 aliphatic heterocycles. The number of methoxy groups -OCH3 is 2. The molecule has 0 fully saturated rings. The van der Waals surface area contributed by atoms with Gasteiger partial charge in [-0.05, 0) is 58.2 Å². The molecule has 186 valence electrons. The van der Waals surface area contributed by atoms with E-state index in [0.29, 0.717) is 33.9 Å². The number of benzene rings is 1. The predicted octanol–water partition coefficient (Wildman–Crippen LogP) is 3.59. The van der Waals surface area contributed by atoms with Gasteiger partial charge in [0.1, 0.15) is 17.4 Å². The van der Waals surface area contributed by atoms with Gasteiger partial charge >= 0.3 is 11.9 Å². The fourth-order valence-electron chi connectivity index (χ4n) is 3.91. The summed E-state index contributed by atoms with van der Waals surface area (Å²) in [6, 6.07) is 6.31. The Bertz CT molecular complexity index is 1020. The number of carbonyl (C=O) groups is 3. The lowest BCUT2D eigenvalue weighted by molar-refractivity contribution is -0.159. The zero-order valence-electron chi connectivity index (χ0n) is 21.5. The average molecular weight is 473 g/mol. The van der Waals surface area contributed by atoms with Crippen molar-refractivity contribution in [1.29, 1.82) is 0 Å². The smallest absolute Gasteiger partial charge is 0.336 e. The van der Waals surface area contributed by atoms with Crippen LogP contribution in [0.5, 0.6) is 5.75 Å². The Balaban J connectivity index is 2.56. The van der Waals surface area contributed by atoms with E-state index in [2.05, 4.69) is 10.6 Å². The molecule has 8 heteroatoms. The maximum atomic E-state index is 13.7. The minimum Gasteiger partial charge on any atom is -0.497 e. The van der Waals surface area contributed by atoms with Crippen LogP contribution in [-0.4, -0.2) is 43.7 Å². The van der Waals surface area contributed by atoms with Gasteiger partial charge in [0, 0.05) is 17.0 Å². The van der Waals surface area contributed by atoms with Gasteiger partial charge in [-0.2, -0.15) is 0 Å². The molecule has 2 N–H and O–H groups in total. The van der Waals surface area contributed by atoms with E-state index in [1.807, 2.05) is 19.9 Å². The van der Waals surface area contributed by atoms with E-state index in [1.54, 1.807) is 59.9 Å². The molecule has 1 amide bonds. The van der Waals surface area contributed by atoms with Crippen LogP contribution in [0.25, 0.3) is 0 Å². The van der Waals surface area contributed by atoms with Crippen LogP contribution in [0, 0.1) is 5.92 Å². The van der Waals surface area contributed by atoms with Crippen molar-refractivity contribution in [3.05, 3.63) is 52.4 Å². The highest BCUT2D eigenvalue weighted by Crippen LogP contribution is 2.39. The van der Waals surface area contributed by atoms with Gasteiger partial charge in [0.2, 0.25) is 0 Å². The SMILES string of the molecule is COC(=O)C1=C(C)NC(C)=C(C(=O)NC(C(=O)OC(C)(C)C)C(C)C)C1c1cccc(OC)c1. The normalized spacial score (nSPS) is 17.2. The number of carbonyl (C=O) groups excluding carboxylic acids is 3. The van der Waals surface area contributed by atoms with E-state index in [9.17, 15) is 14.4 Å². The van der Waals surface area contributed by atoms with Crippen molar-refractivity contribution in [3.63, 3.8) is 0 Å². The Kier molecular flexibility index (Phi) is 8.53. The average Bonchev–Trinajstić information content (AvgIpc) is 2.74. The standard InChI is InChI=1S/C26H36N2O6/c1-14(2)22(25(31)34-26(5,6)7)28-23(29)19-15(3)27-16(4)20(24(30)33-9)21(19)17-11-10-12-18(13-17)32-8/h10-14,21-22,27H,1-9H3,(H,28,29). The second-order valence-corrected chi connectivity index (χ2v) is 9.63. The molecule has 0 saturated heterocycles. The molecule has 0 aromatic heterocycles. The number of nitrogens with one attached hydrogen (secondary N) is 2. The molecule has 0 saturated carbocycles. The molecule has 0 bridgehead atoms. The third kappa shape index (κ3) is 6.18. The van der Waals surface area contributed by atoms with E-state index in [4.69, 9.17) is 14.2 Å². The topological polar surface area (TPSA) is 103 Å². The van der Waals surface area contributed by atoms with Gasteiger partial charge in [0.25, 0.3) is 5.91 Å². The molecule has 34 heavy (non-hydrogen) atoms. The van der Waals surface area contributed by atoms with Crippen LogP contribution in [0.3, 0.4) is 0 Å².